The molecule has 0 fully saturated rings. The summed E-state index contributed by atoms with van der Waals surface area (Å²) < 4.78 is 14.0. The minimum absolute atomic E-state index is 0.111. The standard InChI is InChI=1S/C28H23FN6O/c1-35(2)15-16-6-18(13-30-12-16)25-11-23-27(14-31-25)33-34-28(23)26-10-22-21(4-3-5-24(22)32-26)17-7-19(29)9-20(36)8-17/h3-14,32,36H,15H2,1-2H3,(H,33,34). The molecule has 0 spiro atoms. The number of hydrogen-bond donors (Lipinski definition) is 3. The highest BCUT2D eigenvalue weighted by Gasteiger charge is 2.15. The number of H-pyrrole nitrogens is 2. The molecule has 4 heterocycles. The molecular formula is C28H23FN6O. The topological polar surface area (TPSA) is 93.7 Å². The Hall–Kier alpha value is -4.56. The van der Waals surface area contributed by atoms with Crippen molar-refractivity contribution in [1.82, 2.24) is 30.0 Å². The molecule has 0 unspecified atom stereocenters. The van der Waals surface area contributed by atoms with Gasteiger partial charge in [-0.05, 0) is 67.2 Å². The van der Waals surface area contributed by atoms with Crippen molar-refractivity contribution >= 4 is 21.8 Å². The number of rotatable bonds is 5. The number of benzene rings is 2. The quantitative estimate of drug-likeness (QED) is 0.294. The first-order valence-corrected chi connectivity index (χ1v) is 11.5. The van der Waals surface area contributed by atoms with Gasteiger partial charge < -0.3 is 15.0 Å². The summed E-state index contributed by atoms with van der Waals surface area (Å²) in [4.78, 5) is 14.6. The lowest BCUT2D eigenvalue weighted by molar-refractivity contribution is 0.402. The number of phenols is 1. The van der Waals surface area contributed by atoms with E-state index in [2.05, 4.69) is 36.1 Å². The van der Waals surface area contributed by atoms with Crippen LogP contribution in [0.4, 0.5) is 4.39 Å². The molecule has 6 rings (SSSR count). The van der Waals surface area contributed by atoms with Gasteiger partial charge in [0.05, 0.1) is 23.1 Å². The average Bonchev–Trinajstić information content (AvgIpc) is 3.46. The van der Waals surface area contributed by atoms with Gasteiger partial charge in [0.25, 0.3) is 0 Å². The summed E-state index contributed by atoms with van der Waals surface area (Å²) in [7, 11) is 4.05. The second-order valence-electron chi connectivity index (χ2n) is 9.15. The molecule has 3 N–H and O–H groups in total. The third kappa shape index (κ3) is 3.97. The van der Waals surface area contributed by atoms with E-state index in [0.717, 1.165) is 68.2 Å². The van der Waals surface area contributed by atoms with Gasteiger partial charge in [0.15, 0.2) is 0 Å². The Balaban J connectivity index is 1.45. The highest BCUT2D eigenvalue weighted by Crippen LogP contribution is 2.36. The number of nitrogens with one attached hydrogen (secondary N) is 2. The van der Waals surface area contributed by atoms with Crippen LogP contribution in [-0.4, -0.2) is 49.3 Å². The minimum atomic E-state index is -0.486. The summed E-state index contributed by atoms with van der Waals surface area (Å²) >= 11 is 0. The zero-order valence-electron chi connectivity index (χ0n) is 19.7. The number of aromatic hydroxyl groups is 1. The molecule has 36 heavy (non-hydrogen) atoms. The number of phenolic OH excluding ortho intramolecular Hbond substituents is 1. The summed E-state index contributed by atoms with van der Waals surface area (Å²) in [5.74, 6) is -0.597. The van der Waals surface area contributed by atoms with Crippen molar-refractivity contribution in [2.24, 2.45) is 0 Å². The van der Waals surface area contributed by atoms with E-state index in [9.17, 15) is 9.50 Å². The van der Waals surface area contributed by atoms with Crippen molar-refractivity contribution in [3.8, 4) is 39.5 Å². The number of hydrogen-bond acceptors (Lipinski definition) is 5. The van der Waals surface area contributed by atoms with Crippen LogP contribution in [0.3, 0.4) is 0 Å². The van der Waals surface area contributed by atoms with Gasteiger partial charge in [-0.1, -0.05) is 12.1 Å². The number of fused-ring (bicyclic) bond motifs is 2. The lowest BCUT2D eigenvalue weighted by Gasteiger charge is -2.10. The molecule has 0 aliphatic carbocycles. The third-order valence-electron chi connectivity index (χ3n) is 6.15. The SMILES string of the molecule is CN(C)Cc1cncc(-c2cc3c(-c4cc5c(-c6cc(O)cc(F)c6)cccc5[nH]4)n[nH]c3cn2)c1. The molecule has 0 aliphatic rings. The van der Waals surface area contributed by atoms with Crippen LogP contribution in [0, 0.1) is 5.82 Å². The van der Waals surface area contributed by atoms with E-state index < -0.39 is 5.82 Å². The van der Waals surface area contributed by atoms with Gasteiger partial charge in [0, 0.05) is 46.9 Å². The Bertz CT molecular complexity index is 1720. The molecule has 178 valence electrons. The molecule has 2 aromatic carbocycles. The maximum atomic E-state index is 14.0. The van der Waals surface area contributed by atoms with Gasteiger partial charge in [0.1, 0.15) is 17.3 Å². The Kier molecular flexibility index (Phi) is 5.23. The van der Waals surface area contributed by atoms with Crippen LogP contribution in [0.15, 0.2) is 73.2 Å². The van der Waals surface area contributed by atoms with Crippen LogP contribution in [0.2, 0.25) is 0 Å². The van der Waals surface area contributed by atoms with Gasteiger partial charge in [-0.2, -0.15) is 5.10 Å². The smallest absolute Gasteiger partial charge is 0.127 e. The first-order valence-electron chi connectivity index (χ1n) is 11.5. The van der Waals surface area contributed by atoms with E-state index in [1.165, 1.54) is 6.07 Å². The van der Waals surface area contributed by atoms with E-state index in [1.807, 2.05) is 56.8 Å². The number of halogens is 1. The summed E-state index contributed by atoms with van der Waals surface area (Å²) in [6.07, 6.45) is 5.46. The summed E-state index contributed by atoms with van der Waals surface area (Å²) in [5.41, 5.74) is 7.56. The number of aromatic nitrogens is 5. The Morgan fingerprint density at radius 2 is 1.81 bits per heavy atom. The van der Waals surface area contributed by atoms with Crippen molar-refractivity contribution in [2.45, 2.75) is 6.54 Å². The van der Waals surface area contributed by atoms with Crippen molar-refractivity contribution in [2.75, 3.05) is 14.1 Å². The van der Waals surface area contributed by atoms with E-state index >= 15 is 0 Å². The Labute approximate surface area is 206 Å². The molecular weight excluding hydrogens is 455 g/mol. The first-order chi connectivity index (χ1) is 17.4. The number of aromatic amines is 2. The second kappa shape index (κ2) is 8.58. The molecule has 0 bridgehead atoms. The van der Waals surface area contributed by atoms with Crippen LogP contribution in [0.25, 0.3) is 55.6 Å². The predicted octanol–water partition coefficient (Wildman–Crippen LogP) is 5.74. The van der Waals surface area contributed by atoms with Gasteiger partial charge in [0.2, 0.25) is 0 Å². The molecule has 6 aromatic rings. The normalized spacial score (nSPS) is 11.7. The van der Waals surface area contributed by atoms with E-state index in [0.29, 0.717) is 5.56 Å². The molecule has 0 aliphatic heterocycles. The summed E-state index contributed by atoms with van der Waals surface area (Å²) in [6, 6.07) is 16.0. The zero-order chi connectivity index (χ0) is 24.8. The van der Waals surface area contributed by atoms with Crippen molar-refractivity contribution in [3.63, 3.8) is 0 Å². The van der Waals surface area contributed by atoms with Crippen LogP contribution >= 0.6 is 0 Å². The minimum Gasteiger partial charge on any atom is -0.508 e. The first kappa shape index (κ1) is 21.9. The Morgan fingerprint density at radius 3 is 2.64 bits per heavy atom. The monoisotopic (exact) mass is 478 g/mol. The second-order valence-corrected chi connectivity index (χ2v) is 9.15. The lowest BCUT2D eigenvalue weighted by Crippen LogP contribution is -2.10. The molecule has 0 saturated carbocycles. The van der Waals surface area contributed by atoms with Crippen molar-refractivity contribution in [3.05, 3.63) is 84.6 Å². The summed E-state index contributed by atoms with van der Waals surface area (Å²) in [5, 5.41) is 19.4. The van der Waals surface area contributed by atoms with Crippen molar-refractivity contribution in [1.29, 1.82) is 0 Å². The van der Waals surface area contributed by atoms with Gasteiger partial charge in [-0.25, -0.2) is 4.39 Å². The molecule has 4 aromatic heterocycles. The van der Waals surface area contributed by atoms with Crippen LogP contribution in [0.5, 0.6) is 5.75 Å². The molecule has 0 amide bonds. The van der Waals surface area contributed by atoms with Crippen LogP contribution in [-0.2, 0) is 6.54 Å². The Morgan fingerprint density at radius 1 is 0.917 bits per heavy atom. The van der Waals surface area contributed by atoms with Gasteiger partial charge in [-0.3, -0.25) is 15.1 Å². The predicted molar refractivity (Wildman–Crippen MR) is 139 cm³/mol. The van der Waals surface area contributed by atoms with E-state index in [4.69, 9.17) is 0 Å². The molecule has 8 heteroatoms. The van der Waals surface area contributed by atoms with Gasteiger partial charge in [-0.15, -0.1) is 0 Å². The lowest BCUT2D eigenvalue weighted by atomic mass is 10.0. The maximum absolute atomic E-state index is 14.0. The van der Waals surface area contributed by atoms with E-state index in [-0.39, 0.29) is 5.75 Å². The molecule has 0 atom stereocenters. The average molecular weight is 479 g/mol. The highest BCUT2D eigenvalue weighted by atomic mass is 19.1. The van der Waals surface area contributed by atoms with Gasteiger partial charge >= 0.3 is 0 Å². The van der Waals surface area contributed by atoms with Crippen molar-refractivity contribution < 1.29 is 9.50 Å². The number of nitrogens with zero attached hydrogens (tertiary/aromatic N) is 4. The summed E-state index contributed by atoms with van der Waals surface area (Å²) in [6.45, 7) is 0.792. The zero-order valence-corrected chi connectivity index (χ0v) is 19.7. The fourth-order valence-corrected chi connectivity index (χ4v) is 4.62. The number of pyridine rings is 2. The third-order valence-corrected chi connectivity index (χ3v) is 6.15. The highest BCUT2D eigenvalue weighted by molar-refractivity contribution is 6.01. The van der Waals surface area contributed by atoms with Crippen LogP contribution in [0.1, 0.15) is 5.56 Å². The molecule has 7 nitrogen and oxygen atoms in total. The van der Waals surface area contributed by atoms with Crippen LogP contribution < -0.4 is 0 Å². The molecule has 0 saturated heterocycles. The maximum Gasteiger partial charge on any atom is 0.127 e. The van der Waals surface area contributed by atoms with E-state index in [1.54, 1.807) is 12.3 Å². The fourth-order valence-electron chi connectivity index (χ4n) is 4.62. The molecule has 0 radical (unpaired) electrons. The fraction of sp³-hybridized carbons (Fsp3) is 0.107. The largest absolute Gasteiger partial charge is 0.508 e.